The van der Waals surface area contributed by atoms with Gasteiger partial charge in [-0.25, -0.2) is 4.39 Å². The molecule has 1 aromatic rings. The molecule has 0 bridgehead atoms. The molecule has 1 unspecified atom stereocenters. The van der Waals surface area contributed by atoms with E-state index in [9.17, 15) is 4.39 Å². The molecule has 0 fully saturated rings. The van der Waals surface area contributed by atoms with Crippen LogP contribution in [0.4, 0.5) is 4.39 Å². The van der Waals surface area contributed by atoms with Gasteiger partial charge in [-0.3, -0.25) is 4.98 Å². The molecule has 0 aliphatic carbocycles. The van der Waals surface area contributed by atoms with Crippen LogP contribution in [0.2, 0.25) is 5.02 Å². The van der Waals surface area contributed by atoms with Gasteiger partial charge in [0.1, 0.15) is 5.82 Å². The first-order valence-electron chi connectivity index (χ1n) is 3.57. The van der Waals surface area contributed by atoms with Gasteiger partial charge in [-0.15, -0.1) is 0 Å². The minimum atomic E-state index is -0.590. The lowest BCUT2D eigenvalue weighted by molar-refractivity contribution is 0.192. The Morgan fingerprint density at radius 1 is 1.75 bits per heavy atom. The maximum absolute atomic E-state index is 13.0. The standard InChI is InChI=1S/C8H9ClFNO/c1-5(12)2-8-7(10)3-6(9)4-11-8/h3-5,12H,2H2,1H3. The maximum Gasteiger partial charge on any atom is 0.146 e. The molecule has 0 spiro atoms. The van der Waals surface area contributed by atoms with Crippen molar-refractivity contribution in [2.75, 3.05) is 0 Å². The van der Waals surface area contributed by atoms with Crippen LogP contribution in [0.15, 0.2) is 12.3 Å². The quantitative estimate of drug-likeness (QED) is 0.770. The predicted octanol–water partition coefficient (Wildman–Crippen LogP) is 1.80. The Balaban J connectivity index is 2.86. The van der Waals surface area contributed by atoms with Crippen molar-refractivity contribution in [3.8, 4) is 0 Å². The second kappa shape index (κ2) is 3.83. The van der Waals surface area contributed by atoms with Gasteiger partial charge in [-0.2, -0.15) is 0 Å². The van der Waals surface area contributed by atoms with Crippen molar-refractivity contribution in [3.63, 3.8) is 0 Å². The largest absolute Gasteiger partial charge is 0.393 e. The zero-order valence-electron chi connectivity index (χ0n) is 6.59. The van der Waals surface area contributed by atoms with Crippen molar-refractivity contribution < 1.29 is 9.50 Å². The van der Waals surface area contributed by atoms with Crippen molar-refractivity contribution in [2.45, 2.75) is 19.4 Å². The van der Waals surface area contributed by atoms with E-state index >= 15 is 0 Å². The maximum atomic E-state index is 13.0. The number of aromatic nitrogens is 1. The molecule has 0 radical (unpaired) electrons. The molecule has 4 heteroatoms. The molecule has 0 aliphatic heterocycles. The summed E-state index contributed by atoms with van der Waals surface area (Å²) in [5.41, 5.74) is 0.245. The van der Waals surface area contributed by atoms with Gasteiger partial charge >= 0.3 is 0 Å². The average molecular weight is 190 g/mol. The van der Waals surface area contributed by atoms with Crippen molar-refractivity contribution >= 4 is 11.6 Å². The number of nitrogens with zero attached hydrogens (tertiary/aromatic N) is 1. The lowest BCUT2D eigenvalue weighted by atomic mass is 10.2. The van der Waals surface area contributed by atoms with Crippen LogP contribution >= 0.6 is 11.6 Å². The van der Waals surface area contributed by atoms with Gasteiger partial charge in [0.05, 0.1) is 16.8 Å². The zero-order valence-corrected chi connectivity index (χ0v) is 7.35. The number of halogens is 2. The van der Waals surface area contributed by atoms with Crippen LogP contribution in [0.5, 0.6) is 0 Å². The first kappa shape index (κ1) is 9.42. The first-order chi connectivity index (χ1) is 5.59. The van der Waals surface area contributed by atoms with E-state index in [1.165, 1.54) is 12.3 Å². The lowest BCUT2D eigenvalue weighted by Crippen LogP contribution is -2.07. The van der Waals surface area contributed by atoms with Gasteiger partial charge in [0, 0.05) is 12.6 Å². The van der Waals surface area contributed by atoms with Gasteiger partial charge in [-0.05, 0) is 13.0 Å². The Kier molecular flexibility index (Phi) is 3.00. The van der Waals surface area contributed by atoms with Crippen molar-refractivity contribution in [3.05, 3.63) is 28.8 Å². The number of aliphatic hydroxyl groups excluding tert-OH is 1. The van der Waals surface area contributed by atoms with E-state index < -0.39 is 11.9 Å². The normalized spacial score (nSPS) is 13.0. The fourth-order valence-corrected chi connectivity index (χ4v) is 1.02. The van der Waals surface area contributed by atoms with Gasteiger partial charge in [0.2, 0.25) is 0 Å². The monoisotopic (exact) mass is 189 g/mol. The van der Waals surface area contributed by atoms with E-state index in [0.29, 0.717) is 0 Å². The molecular weight excluding hydrogens is 181 g/mol. The minimum Gasteiger partial charge on any atom is -0.393 e. The van der Waals surface area contributed by atoms with Crippen LogP contribution in [-0.2, 0) is 6.42 Å². The third kappa shape index (κ3) is 2.43. The Morgan fingerprint density at radius 2 is 2.42 bits per heavy atom. The molecule has 0 saturated heterocycles. The van der Waals surface area contributed by atoms with Crippen molar-refractivity contribution in [2.24, 2.45) is 0 Å². The highest BCUT2D eigenvalue weighted by molar-refractivity contribution is 6.30. The molecule has 0 saturated carbocycles. The minimum absolute atomic E-state index is 0.211. The van der Waals surface area contributed by atoms with E-state index in [1.54, 1.807) is 6.92 Å². The van der Waals surface area contributed by atoms with Crippen LogP contribution in [0, 0.1) is 5.82 Å². The van der Waals surface area contributed by atoms with E-state index in [2.05, 4.69) is 4.98 Å². The van der Waals surface area contributed by atoms with Crippen LogP contribution < -0.4 is 0 Å². The Bertz CT molecular complexity index is 278. The third-order valence-corrected chi connectivity index (χ3v) is 1.58. The fraction of sp³-hybridized carbons (Fsp3) is 0.375. The van der Waals surface area contributed by atoms with E-state index in [1.807, 2.05) is 0 Å². The van der Waals surface area contributed by atoms with Gasteiger partial charge in [0.15, 0.2) is 0 Å². The molecule has 0 amide bonds. The van der Waals surface area contributed by atoms with E-state index in [-0.39, 0.29) is 17.1 Å². The van der Waals surface area contributed by atoms with Crippen molar-refractivity contribution in [1.82, 2.24) is 4.98 Å². The van der Waals surface area contributed by atoms with Crippen molar-refractivity contribution in [1.29, 1.82) is 0 Å². The van der Waals surface area contributed by atoms with Crippen LogP contribution in [0.1, 0.15) is 12.6 Å². The van der Waals surface area contributed by atoms with Crippen LogP contribution in [0.25, 0.3) is 0 Å². The summed E-state index contributed by atoms with van der Waals surface area (Å²) in [5, 5.41) is 9.23. The molecule has 0 aromatic carbocycles. The van der Waals surface area contributed by atoms with E-state index in [4.69, 9.17) is 16.7 Å². The van der Waals surface area contributed by atoms with E-state index in [0.717, 1.165) is 0 Å². The third-order valence-electron chi connectivity index (χ3n) is 1.37. The molecule has 1 atom stereocenters. The van der Waals surface area contributed by atoms with Crippen LogP contribution in [-0.4, -0.2) is 16.2 Å². The molecule has 66 valence electrons. The number of rotatable bonds is 2. The Labute approximate surface area is 75.0 Å². The van der Waals surface area contributed by atoms with Gasteiger partial charge in [-0.1, -0.05) is 11.6 Å². The Morgan fingerprint density at radius 3 is 2.92 bits per heavy atom. The van der Waals surface area contributed by atoms with Crippen LogP contribution in [0.3, 0.4) is 0 Å². The molecule has 1 N–H and O–H groups in total. The number of hydrogen-bond donors (Lipinski definition) is 1. The zero-order chi connectivity index (χ0) is 9.14. The lowest BCUT2D eigenvalue weighted by Gasteiger charge is -2.04. The molecule has 1 rings (SSSR count). The predicted molar refractivity (Wildman–Crippen MR) is 44.6 cm³/mol. The second-order valence-electron chi connectivity index (χ2n) is 2.64. The molecule has 12 heavy (non-hydrogen) atoms. The Hall–Kier alpha value is -0.670. The molecule has 2 nitrogen and oxygen atoms in total. The summed E-state index contributed by atoms with van der Waals surface area (Å²) >= 11 is 5.49. The molecule has 0 aliphatic rings. The van der Waals surface area contributed by atoms with Gasteiger partial charge < -0.3 is 5.11 Å². The average Bonchev–Trinajstić information content (AvgIpc) is 1.94. The molecular formula is C8H9ClFNO. The number of hydrogen-bond acceptors (Lipinski definition) is 2. The second-order valence-corrected chi connectivity index (χ2v) is 3.07. The molecule has 1 aromatic heterocycles. The molecule has 1 heterocycles. The highest BCUT2D eigenvalue weighted by atomic mass is 35.5. The summed E-state index contributed by atoms with van der Waals surface area (Å²) in [5.74, 6) is -0.469. The van der Waals surface area contributed by atoms with Gasteiger partial charge in [0.25, 0.3) is 0 Å². The first-order valence-corrected chi connectivity index (χ1v) is 3.95. The number of aliphatic hydroxyl groups is 1. The fourth-order valence-electron chi connectivity index (χ4n) is 0.873. The summed E-state index contributed by atoms with van der Waals surface area (Å²) < 4.78 is 13.0. The summed E-state index contributed by atoms with van der Waals surface area (Å²) in [4.78, 5) is 3.75. The summed E-state index contributed by atoms with van der Waals surface area (Å²) in [6, 6.07) is 1.19. The summed E-state index contributed by atoms with van der Waals surface area (Å²) in [6.07, 6.45) is 0.985. The SMILES string of the molecule is CC(O)Cc1ncc(Cl)cc1F. The summed E-state index contributed by atoms with van der Waals surface area (Å²) in [7, 11) is 0. The summed E-state index contributed by atoms with van der Waals surface area (Å²) in [6.45, 7) is 1.58. The highest BCUT2D eigenvalue weighted by Gasteiger charge is 2.06. The smallest absolute Gasteiger partial charge is 0.146 e. The number of pyridine rings is 1. The topological polar surface area (TPSA) is 33.1 Å². The highest BCUT2D eigenvalue weighted by Crippen LogP contribution is 2.12.